The molecule has 0 amide bonds. The quantitative estimate of drug-likeness (QED) is 0.142. The fourth-order valence-corrected chi connectivity index (χ4v) is 3.16. The molecule has 1 aromatic heterocycles. The molecule has 204 valence electrons. The number of methoxy groups -OCH3 is 4. The van der Waals surface area contributed by atoms with Crippen LogP contribution in [-0.4, -0.2) is 105 Å². The van der Waals surface area contributed by atoms with E-state index in [1.165, 1.54) is 38.2 Å². The summed E-state index contributed by atoms with van der Waals surface area (Å²) in [5.41, 5.74) is 1.62. The molecule has 37 heavy (non-hydrogen) atoms. The summed E-state index contributed by atoms with van der Waals surface area (Å²) in [6.45, 7) is -0.381. The van der Waals surface area contributed by atoms with E-state index in [9.17, 15) is 19.2 Å². The van der Waals surface area contributed by atoms with Crippen LogP contribution in [0, 0.1) is 11.8 Å². The van der Waals surface area contributed by atoms with Crippen molar-refractivity contribution in [3.8, 4) is 11.8 Å². The van der Waals surface area contributed by atoms with Gasteiger partial charge in [-0.15, -0.1) is 0 Å². The van der Waals surface area contributed by atoms with Crippen LogP contribution < -0.4 is 0 Å². The Bertz CT molecular complexity index is 876. The van der Waals surface area contributed by atoms with Crippen molar-refractivity contribution in [2.45, 2.75) is 32.4 Å². The van der Waals surface area contributed by atoms with Gasteiger partial charge in [-0.2, -0.15) is 0 Å². The van der Waals surface area contributed by atoms with Crippen molar-refractivity contribution in [1.29, 1.82) is 0 Å². The highest BCUT2D eigenvalue weighted by Gasteiger charge is 2.19. The topological polar surface area (TPSA) is 145 Å². The highest BCUT2D eigenvalue weighted by Crippen LogP contribution is 2.12. The van der Waals surface area contributed by atoms with Crippen molar-refractivity contribution in [2.75, 3.05) is 61.2 Å². The molecule has 0 aliphatic rings. The molecule has 0 unspecified atom stereocenters. The minimum atomic E-state index is -0.536. The first-order chi connectivity index (χ1) is 17.7. The maximum Gasteiger partial charge on any atom is 0.319 e. The van der Waals surface area contributed by atoms with E-state index in [4.69, 9.17) is 24.1 Å². The molecule has 0 aromatic carbocycles. The summed E-state index contributed by atoms with van der Waals surface area (Å²) >= 11 is 0. The lowest BCUT2D eigenvalue weighted by molar-refractivity contribution is -0.147. The number of aromatic nitrogens is 1. The van der Waals surface area contributed by atoms with Crippen LogP contribution in [0.15, 0.2) is 12.1 Å². The smallest absolute Gasteiger partial charge is 0.319 e. The van der Waals surface area contributed by atoms with E-state index in [0.717, 1.165) is 6.42 Å². The molecule has 0 radical (unpaired) electrons. The summed E-state index contributed by atoms with van der Waals surface area (Å²) in [4.78, 5) is 55.2. The van der Waals surface area contributed by atoms with E-state index in [1.807, 2.05) is 0 Å². The Kier molecular flexibility index (Phi) is 15.2. The molecule has 12 heteroatoms. The molecule has 0 atom stereocenters. The predicted octanol–water partition coefficient (Wildman–Crippen LogP) is -0.108. The van der Waals surface area contributed by atoms with Gasteiger partial charge >= 0.3 is 23.9 Å². The van der Waals surface area contributed by atoms with Gasteiger partial charge in [0.2, 0.25) is 0 Å². The number of rotatable bonds is 15. The van der Waals surface area contributed by atoms with E-state index in [1.54, 1.807) is 12.1 Å². The second kappa shape index (κ2) is 17.8. The minimum Gasteiger partial charge on any atom is -0.468 e. The zero-order valence-electron chi connectivity index (χ0n) is 21.8. The molecule has 1 rings (SSSR count). The molecule has 1 aromatic rings. The zero-order chi connectivity index (χ0) is 27.6. The number of pyridine rings is 1. The number of carbonyl (C=O) groups excluding carboxylic acids is 4. The predicted molar refractivity (Wildman–Crippen MR) is 131 cm³/mol. The SMILES string of the molecule is COC(=O)CN(CC(=O)OC)Cc1cc(C#CCCCCO)cc(CN(CC(=O)OC)CC(=O)OC)n1. The molecule has 0 fully saturated rings. The monoisotopic (exact) mass is 521 g/mol. The Labute approximate surface area is 216 Å². The fraction of sp³-hybridized carbons (Fsp3) is 0.560. The third-order valence-corrected chi connectivity index (χ3v) is 4.97. The Morgan fingerprint density at radius 2 is 1.16 bits per heavy atom. The Morgan fingerprint density at radius 1 is 0.757 bits per heavy atom. The van der Waals surface area contributed by atoms with Gasteiger partial charge in [-0.3, -0.25) is 34.0 Å². The number of ether oxygens (including phenoxy) is 4. The molecule has 0 saturated heterocycles. The summed E-state index contributed by atoms with van der Waals surface area (Å²) < 4.78 is 18.9. The maximum absolute atomic E-state index is 11.9. The standard InChI is InChI=1S/C25H35N3O9/c1-34-22(30)15-27(16-23(31)35-2)13-20-11-19(9-7-5-6-8-10-29)12-21(26-20)14-28(17-24(32)36-3)18-25(33)37-4/h11-12,29H,5-6,8,10,13-18H2,1-4H3. The Hall–Kier alpha value is -3.53. The van der Waals surface area contributed by atoms with Gasteiger partial charge in [0, 0.05) is 31.7 Å². The lowest BCUT2D eigenvalue weighted by Crippen LogP contribution is -2.36. The first-order valence-corrected chi connectivity index (χ1v) is 11.6. The number of carbonyl (C=O) groups is 4. The number of unbranched alkanes of at least 4 members (excludes halogenated alkanes) is 2. The van der Waals surface area contributed by atoms with Crippen LogP contribution >= 0.6 is 0 Å². The molecule has 12 nitrogen and oxygen atoms in total. The number of hydrogen-bond donors (Lipinski definition) is 1. The van der Waals surface area contributed by atoms with Gasteiger partial charge in [0.05, 0.1) is 66.0 Å². The van der Waals surface area contributed by atoms with Crippen LogP contribution in [0.25, 0.3) is 0 Å². The molecule has 0 saturated carbocycles. The Balaban J connectivity index is 3.31. The van der Waals surface area contributed by atoms with Gasteiger partial charge in [-0.1, -0.05) is 11.8 Å². The van der Waals surface area contributed by atoms with Gasteiger partial charge in [-0.05, 0) is 25.0 Å². The summed E-state index contributed by atoms with van der Waals surface area (Å²) in [5.74, 6) is 3.97. The van der Waals surface area contributed by atoms with Crippen molar-refractivity contribution >= 4 is 23.9 Å². The lowest BCUT2D eigenvalue weighted by atomic mass is 10.1. The zero-order valence-corrected chi connectivity index (χ0v) is 21.8. The third kappa shape index (κ3) is 13.4. The molecule has 0 spiro atoms. The minimum absolute atomic E-state index is 0.0949. The van der Waals surface area contributed by atoms with Crippen molar-refractivity contribution < 1.29 is 43.2 Å². The van der Waals surface area contributed by atoms with E-state index >= 15 is 0 Å². The summed E-state index contributed by atoms with van der Waals surface area (Å²) in [7, 11) is 5.00. The average molecular weight is 522 g/mol. The molecule has 1 heterocycles. The lowest BCUT2D eigenvalue weighted by Gasteiger charge is -2.21. The average Bonchev–Trinajstić information content (AvgIpc) is 2.87. The molecule has 0 aliphatic heterocycles. The van der Waals surface area contributed by atoms with E-state index < -0.39 is 23.9 Å². The van der Waals surface area contributed by atoms with Gasteiger partial charge in [-0.25, -0.2) is 0 Å². The van der Waals surface area contributed by atoms with Gasteiger partial charge < -0.3 is 24.1 Å². The molecular weight excluding hydrogens is 486 g/mol. The number of aliphatic hydroxyl groups is 1. The Morgan fingerprint density at radius 3 is 1.51 bits per heavy atom. The highest BCUT2D eigenvalue weighted by molar-refractivity contribution is 5.75. The first-order valence-electron chi connectivity index (χ1n) is 11.6. The molecule has 0 aliphatic carbocycles. The maximum atomic E-state index is 11.9. The molecule has 1 N–H and O–H groups in total. The van der Waals surface area contributed by atoms with Gasteiger partial charge in [0.15, 0.2) is 0 Å². The van der Waals surface area contributed by atoms with Gasteiger partial charge in [0.1, 0.15) is 0 Å². The van der Waals surface area contributed by atoms with Gasteiger partial charge in [0.25, 0.3) is 0 Å². The van der Waals surface area contributed by atoms with E-state index in [0.29, 0.717) is 29.8 Å². The normalized spacial score (nSPS) is 10.5. The third-order valence-electron chi connectivity index (χ3n) is 4.97. The fourth-order valence-electron chi connectivity index (χ4n) is 3.16. The molecule has 0 bridgehead atoms. The first kappa shape index (κ1) is 31.5. The van der Waals surface area contributed by atoms with Crippen LogP contribution in [0.1, 0.15) is 36.2 Å². The van der Waals surface area contributed by atoms with Crippen molar-refractivity contribution in [3.63, 3.8) is 0 Å². The second-order valence-electron chi connectivity index (χ2n) is 7.92. The van der Waals surface area contributed by atoms with E-state index in [-0.39, 0.29) is 45.9 Å². The van der Waals surface area contributed by atoms with E-state index in [2.05, 4.69) is 16.8 Å². The number of aliphatic hydroxyl groups excluding tert-OH is 1. The number of hydrogen-bond acceptors (Lipinski definition) is 12. The van der Waals surface area contributed by atoms with Crippen molar-refractivity contribution in [3.05, 3.63) is 29.1 Å². The highest BCUT2D eigenvalue weighted by atomic mass is 16.5. The summed E-state index contributed by atoms with van der Waals surface area (Å²) in [6, 6.07) is 3.46. The second-order valence-corrected chi connectivity index (χ2v) is 7.92. The molecular formula is C25H35N3O9. The van der Waals surface area contributed by atoms with Crippen molar-refractivity contribution in [2.24, 2.45) is 0 Å². The van der Waals surface area contributed by atoms with Crippen LogP contribution in [0.5, 0.6) is 0 Å². The summed E-state index contributed by atoms with van der Waals surface area (Å²) in [5, 5.41) is 8.95. The summed E-state index contributed by atoms with van der Waals surface area (Å²) in [6.07, 6.45) is 1.97. The van der Waals surface area contributed by atoms with Crippen LogP contribution in [0.4, 0.5) is 0 Å². The van der Waals surface area contributed by atoms with Crippen LogP contribution in [-0.2, 0) is 51.2 Å². The largest absolute Gasteiger partial charge is 0.468 e. The number of nitrogens with zero attached hydrogens (tertiary/aromatic N) is 3. The van der Waals surface area contributed by atoms with Crippen LogP contribution in [0.3, 0.4) is 0 Å². The van der Waals surface area contributed by atoms with Crippen LogP contribution in [0.2, 0.25) is 0 Å². The number of esters is 4. The van der Waals surface area contributed by atoms with Crippen molar-refractivity contribution in [1.82, 2.24) is 14.8 Å².